The van der Waals surface area contributed by atoms with E-state index in [-0.39, 0.29) is 23.1 Å². The van der Waals surface area contributed by atoms with Crippen molar-refractivity contribution in [2.24, 2.45) is 0 Å². The van der Waals surface area contributed by atoms with E-state index in [1.165, 1.54) is 4.68 Å². The van der Waals surface area contributed by atoms with Crippen molar-refractivity contribution in [3.63, 3.8) is 0 Å². The first kappa shape index (κ1) is 10.5. The summed E-state index contributed by atoms with van der Waals surface area (Å²) in [5.74, 6) is 1.87. The largest absolute Gasteiger partial charge is 0.298 e. The minimum absolute atomic E-state index is 0.0258. The van der Waals surface area contributed by atoms with Crippen LogP contribution in [0, 0.1) is 0 Å². The first-order valence-electron chi connectivity index (χ1n) is 5.17. The van der Waals surface area contributed by atoms with E-state index in [9.17, 15) is 13.2 Å². The molecule has 1 aromatic rings. The molecule has 7 heteroatoms. The van der Waals surface area contributed by atoms with Crippen LogP contribution in [0.2, 0.25) is 0 Å². The van der Waals surface area contributed by atoms with Gasteiger partial charge in [-0.05, 0) is 6.42 Å². The van der Waals surface area contributed by atoms with Crippen molar-refractivity contribution in [3.05, 3.63) is 21.6 Å². The molecule has 0 aromatic carbocycles. The number of sulfone groups is 1. The van der Waals surface area contributed by atoms with E-state index in [0.717, 1.165) is 22.8 Å². The van der Waals surface area contributed by atoms with Gasteiger partial charge in [0.15, 0.2) is 9.84 Å². The molecule has 3 heterocycles. The smallest absolute Gasteiger partial charge is 0.271 e. The zero-order valence-corrected chi connectivity index (χ0v) is 10.2. The van der Waals surface area contributed by atoms with E-state index in [2.05, 4.69) is 5.10 Å². The molecule has 5 nitrogen and oxygen atoms in total. The van der Waals surface area contributed by atoms with Crippen molar-refractivity contribution in [3.8, 4) is 0 Å². The second-order valence-electron chi connectivity index (χ2n) is 4.29. The Balaban J connectivity index is 2.00. The molecule has 1 fully saturated rings. The maximum atomic E-state index is 12.0. The molecule has 3 rings (SSSR count). The molecule has 0 spiro atoms. The van der Waals surface area contributed by atoms with Gasteiger partial charge in [-0.15, -0.1) is 0 Å². The van der Waals surface area contributed by atoms with E-state index in [1.54, 1.807) is 11.8 Å². The second-order valence-corrected chi connectivity index (χ2v) is 7.51. The number of fused-ring (bicyclic) bond motifs is 1. The average molecular weight is 260 g/mol. The molecule has 0 aliphatic carbocycles. The third-order valence-corrected chi connectivity index (χ3v) is 5.90. The highest BCUT2D eigenvalue weighted by Crippen LogP contribution is 2.28. The third kappa shape index (κ3) is 1.53. The molecule has 0 saturated carbocycles. The fourth-order valence-electron chi connectivity index (χ4n) is 2.30. The predicted molar refractivity (Wildman–Crippen MR) is 62.4 cm³/mol. The van der Waals surface area contributed by atoms with Gasteiger partial charge in [-0.2, -0.15) is 11.8 Å². The zero-order chi connectivity index (χ0) is 11.3. The van der Waals surface area contributed by atoms with Crippen LogP contribution in [-0.2, 0) is 21.3 Å². The first-order valence-corrected chi connectivity index (χ1v) is 8.15. The van der Waals surface area contributed by atoms with Gasteiger partial charge in [0.1, 0.15) is 0 Å². The van der Waals surface area contributed by atoms with E-state index in [1.807, 2.05) is 0 Å². The molecule has 1 aromatic heterocycles. The summed E-state index contributed by atoms with van der Waals surface area (Å²) in [6, 6.07) is -0.187. The van der Waals surface area contributed by atoms with Crippen LogP contribution in [0.15, 0.2) is 4.79 Å². The van der Waals surface area contributed by atoms with E-state index in [4.69, 9.17) is 0 Å². The van der Waals surface area contributed by atoms with Gasteiger partial charge in [-0.1, -0.05) is 0 Å². The Morgan fingerprint density at radius 1 is 1.38 bits per heavy atom. The fourth-order valence-corrected chi connectivity index (χ4v) is 5.04. The molecule has 16 heavy (non-hydrogen) atoms. The van der Waals surface area contributed by atoms with Gasteiger partial charge < -0.3 is 0 Å². The zero-order valence-electron chi connectivity index (χ0n) is 8.60. The Morgan fingerprint density at radius 3 is 2.81 bits per heavy atom. The third-order valence-electron chi connectivity index (χ3n) is 3.16. The molecule has 1 saturated heterocycles. The number of hydrogen-bond donors (Lipinski definition) is 1. The van der Waals surface area contributed by atoms with Crippen molar-refractivity contribution in [2.45, 2.75) is 24.0 Å². The standard InChI is InChI=1S/C9H12N2O3S2/c12-9-7-3-15-4-8(7)10-11(9)6-1-2-16(13,14)5-6/h6,10H,1-5H2. The lowest BCUT2D eigenvalue weighted by Crippen LogP contribution is -2.24. The Morgan fingerprint density at radius 2 is 2.19 bits per heavy atom. The molecule has 1 atom stereocenters. The molecule has 1 unspecified atom stereocenters. The van der Waals surface area contributed by atoms with E-state index in [0.29, 0.717) is 6.42 Å². The summed E-state index contributed by atoms with van der Waals surface area (Å²) in [6.07, 6.45) is 0.550. The minimum Gasteiger partial charge on any atom is -0.298 e. The Hall–Kier alpha value is -0.690. The SMILES string of the molecule is O=c1c2c([nH]n1C1CCS(=O)(=O)C1)CSC2. The van der Waals surface area contributed by atoms with Crippen LogP contribution in [0.1, 0.15) is 23.7 Å². The number of thioether (sulfide) groups is 1. The highest BCUT2D eigenvalue weighted by molar-refractivity contribution is 7.98. The molecule has 0 radical (unpaired) electrons. The molecule has 0 amide bonds. The summed E-state index contributed by atoms with van der Waals surface area (Å²) >= 11 is 1.71. The molecule has 2 aliphatic rings. The molecule has 2 aliphatic heterocycles. The highest BCUT2D eigenvalue weighted by Gasteiger charge is 2.32. The number of hydrogen-bond acceptors (Lipinski definition) is 4. The van der Waals surface area contributed by atoms with Crippen molar-refractivity contribution in [1.82, 2.24) is 9.78 Å². The second kappa shape index (κ2) is 3.40. The molecule has 0 bridgehead atoms. The van der Waals surface area contributed by atoms with Crippen LogP contribution < -0.4 is 5.56 Å². The summed E-state index contributed by atoms with van der Waals surface area (Å²) < 4.78 is 24.3. The van der Waals surface area contributed by atoms with Crippen molar-refractivity contribution in [1.29, 1.82) is 0 Å². The maximum absolute atomic E-state index is 12.0. The van der Waals surface area contributed by atoms with Gasteiger partial charge in [-0.25, -0.2) is 13.1 Å². The predicted octanol–water partition coefficient (Wildman–Crippen LogP) is 0.283. The van der Waals surface area contributed by atoms with Crippen LogP contribution >= 0.6 is 11.8 Å². The fraction of sp³-hybridized carbons (Fsp3) is 0.667. The van der Waals surface area contributed by atoms with Crippen molar-refractivity contribution >= 4 is 21.6 Å². The van der Waals surface area contributed by atoms with Gasteiger partial charge in [-0.3, -0.25) is 9.89 Å². The summed E-state index contributed by atoms with van der Waals surface area (Å²) in [7, 11) is -2.94. The lowest BCUT2D eigenvalue weighted by molar-refractivity contribution is 0.483. The molecular formula is C9H12N2O3S2. The number of aromatic nitrogens is 2. The van der Waals surface area contributed by atoms with Gasteiger partial charge in [0.2, 0.25) is 0 Å². The van der Waals surface area contributed by atoms with Crippen molar-refractivity contribution < 1.29 is 8.42 Å². The van der Waals surface area contributed by atoms with Gasteiger partial charge in [0.05, 0.1) is 28.8 Å². The van der Waals surface area contributed by atoms with E-state index < -0.39 is 9.84 Å². The topological polar surface area (TPSA) is 71.9 Å². The van der Waals surface area contributed by atoms with Crippen LogP contribution in [-0.4, -0.2) is 29.7 Å². The highest BCUT2D eigenvalue weighted by atomic mass is 32.2. The molecule has 1 N–H and O–H groups in total. The van der Waals surface area contributed by atoms with Crippen LogP contribution in [0.25, 0.3) is 0 Å². The Kier molecular flexibility index (Phi) is 2.22. The number of nitrogens with zero attached hydrogens (tertiary/aromatic N) is 1. The lowest BCUT2D eigenvalue weighted by Gasteiger charge is -2.08. The number of aromatic amines is 1. The van der Waals surface area contributed by atoms with Gasteiger partial charge >= 0.3 is 0 Å². The lowest BCUT2D eigenvalue weighted by atomic mass is 10.2. The van der Waals surface area contributed by atoms with Crippen LogP contribution in [0.5, 0.6) is 0 Å². The quantitative estimate of drug-likeness (QED) is 0.787. The Labute approximate surface area is 97.1 Å². The van der Waals surface area contributed by atoms with Gasteiger partial charge in [0.25, 0.3) is 5.56 Å². The molecule has 88 valence electrons. The average Bonchev–Trinajstić information content (AvgIpc) is 2.84. The summed E-state index contributed by atoms with van der Waals surface area (Å²) in [5.41, 5.74) is 1.77. The summed E-state index contributed by atoms with van der Waals surface area (Å²) in [6.45, 7) is 0. The monoisotopic (exact) mass is 260 g/mol. The van der Waals surface area contributed by atoms with Gasteiger partial charge in [0, 0.05) is 11.5 Å². The van der Waals surface area contributed by atoms with Crippen LogP contribution in [0.4, 0.5) is 0 Å². The normalized spacial score (nSPS) is 27.1. The number of rotatable bonds is 1. The number of nitrogens with one attached hydrogen (secondary N) is 1. The minimum atomic E-state index is -2.94. The summed E-state index contributed by atoms with van der Waals surface area (Å²) in [4.78, 5) is 12.0. The number of H-pyrrole nitrogens is 1. The first-order chi connectivity index (χ1) is 7.57. The molecular weight excluding hydrogens is 248 g/mol. The Bertz CT molecular complexity index is 584. The van der Waals surface area contributed by atoms with Crippen LogP contribution in [0.3, 0.4) is 0 Å². The summed E-state index contributed by atoms with van der Waals surface area (Å²) in [5, 5.41) is 3.06. The van der Waals surface area contributed by atoms with Crippen molar-refractivity contribution in [2.75, 3.05) is 11.5 Å². The maximum Gasteiger partial charge on any atom is 0.271 e. The van der Waals surface area contributed by atoms with E-state index >= 15 is 0 Å².